The van der Waals surface area contributed by atoms with Gasteiger partial charge in [-0.25, -0.2) is 4.79 Å². The SMILES string of the molecule is C=C/C(C)=C(/SC)C(=O)OC. The van der Waals surface area contributed by atoms with Gasteiger partial charge >= 0.3 is 5.97 Å². The molecule has 11 heavy (non-hydrogen) atoms. The smallest absolute Gasteiger partial charge is 0.344 e. The molecule has 0 rings (SSSR count). The molecule has 2 nitrogen and oxygen atoms in total. The molecule has 0 aromatic heterocycles. The molecular formula is C8H12O2S. The van der Waals surface area contributed by atoms with Gasteiger partial charge in [-0.1, -0.05) is 12.7 Å². The van der Waals surface area contributed by atoms with E-state index >= 15 is 0 Å². The minimum Gasteiger partial charge on any atom is -0.465 e. The van der Waals surface area contributed by atoms with Gasteiger partial charge in [-0.05, 0) is 18.8 Å². The van der Waals surface area contributed by atoms with E-state index in [0.29, 0.717) is 4.91 Å². The Hall–Kier alpha value is -0.700. The van der Waals surface area contributed by atoms with Gasteiger partial charge in [0.25, 0.3) is 0 Å². The van der Waals surface area contributed by atoms with Crippen molar-refractivity contribution in [3.05, 3.63) is 23.1 Å². The van der Waals surface area contributed by atoms with Gasteiger partial charge in [-0.15, -0.1) is 11.8 Å². The molecule has 0 aliphatic rings. The van der Waals surface area contributed by atoms with E-state index in [1.54, 1.807) is 6.08 Å². The van der Waals surface area contributed by atoms with Crippen LogP contribution in [0.4, 0.5) is 0 Å². The van der Waals surface area contributed by atoms with Crippen LogP contribution in [-0.4, -0.2) is 19.3 Å². The predicted octanol–water partition coefficient (Wildman–Crippen LogP) is 1.98. The monoisotopic (exact) mass is 172 g/mol. The fraction of sp³-hybridized carbons (Fsp3) is 0.375. The number of rotatable bonds is 3. The van der Waals surface area contributed by atoms with Crippen molar-refractivity contribution >= 4 is 17.7 Å². The fourth-order valence-corrected chi connectivity index (χ4v) is 1.25. The van der Waals surface area contributed by atoms with Gasteiger partial charge in [0.1, 0.15) is 0 Å². The van der Waals surface area contributed by atoms with Crippen LogP contribution in [0.15, 0.2) is 23.1 Å². The number of hydrogen-bond donors (Lipinski definition) is 0. The molecule has 0 aliphatic heterocycles. The highest BCUT2D eigenvalue weighted by Gasteiger charge is 2.09. The third-order valence-electron chi connectivity index (χ3n) is 1.24. The molecule has 0 saturated heterocycles. The molecule has 0 bridgehead atoms. The first kappa shape index (κ1) is 10.3. The summed E-state index contributed by atoms with van der Waals surface area (Å²) in [6, 6.07) is 0. The summed E-state index contributed by atoms with van der Waals surface area (Å²) in [4.78, 5) is 11.6. The first-order chi connectivity index (χ1) is 5.17. The maximum absolute atomic E-state index is 11.0. The summed E-state index contributed by atoms with van der Waals surface area (Å²) in [5.74, 6) is -0.296. The lowest BCUT2D eigenvalue weighted by atomic mass is 10.3. The molecule has 0 amide bonds. The Morgan fingerprint density at radius 3 is 2.45 bits per heavy atom. The molecule has 3 heteroatoms. The standard InChI is InChI=1S/C8H12O2S/c1-5-6(2)7(11-4)8(9)10-3/h5H,1H2,2-4H3/b7-6+. The number of thioether (sulfide) groups is 1. The Morgan fingerprint density at radius 1 is 1.64 bits per heavy atom. The first-order valence-corrected chi connectivity index (χ1v) is 4.35. The number of carbonyl (C=O) groups is 1. The molecule has 0 aromatic rings. The lowest BCUT2D eigenvalue weighted by Crippen LogP contribution is -2.02. The van der Waals surface area contributed by atoms with Crippen LogP contribution in [0.1, 0.15) is 6.92 Å². The Labute approximate surface area is 71.3 Å². The number of carbonyl (C=O) groups excluding carboxylic acids is 1. The summed E-state index contributed by atoms with van der Waals surface area (Å²) in [6.07, 6.45) is 3.47. The predicted molar refractivity (Wildman–Crippen MR) is 48.4 cm³/mol. The van der Waals surface area contributed by atoms with Gasteiger partial charge in [-0.2, -0.15) is 0 Å². The van der Waals surface area contributed by atoms with E-state index in [1.165, 1.54) is 18.9 Å². The summed E-state index contributed by atoms with van der Waals surface area (Å²) < 4.78 is 4.56. The number of allylic oxidation sites excluding steroid dienone is 2. The summed E-state index contributed by atoms with van der Waals surface area (Å²) in [5, 5.41) is 0. The molecule has 0 unspecified atom stereocenters. The van der Waals surface area contributed by atoms with E-state index in [2.05, 4.69) is 11.3 Å². The summed E-state index contributed by atoms with van der Waals surface area (Å²) in [7, 11) is 1.37. The van der Waals surface area contributed by atoms with Crippen LogP contribution < -0.4 is 0 Å². The zero-order valence-corrected chi connectivity index (χ0v) is 7.83. The largest absolute Gasteiger partial charge is 0.465 e. The minimum absolute atomic E-state index is 0.296. The zero-order chi connectivity index (χ0) is 8.85. The maximum Gasteiger partial charge on any atom is 0.344 e. The fourth-order valence-electron chi connectivity index (χ4n) is 0.591. The van der Waals surface area contributed by atoms with Gasteiger partial charge in [0.05, 0.1) is 12.0 Å². The Bertz CT molecular complexity index is 194. The molecule has 0 radical (unpaired) electrons. The van der Waals surface area contributed by atoms with Crippen molar-refractivity contribution in [2.75, 3.05) is 13.4 Å². The zero-order valence-electron chi connectivity index (χ0n) is 7.01. The Kier molecular flexibility index (Phi) is 4.70. The number of ether oxygens (including phenoxy) is 1. The van der Waals surface area contributed by atoms with Crippen molar-refractivity contribution in [2.45, 2.75) is 6.92 Å². The van der Waals surface area contributed by atoms with Gasteiger partial charge in [0.15, 0.2) is 0 Å². The highest BCUT2D eigenvalue weighted by molar-refractivity contribution is 8.03. The summed E-state index contributed by atoms with van der Waals surface area (Å²) in [6.45, 7) is 5.40. The lowest BCUT2D eigenvalue weighted by Gasteiger charge is -2.02. The van der Waals surface area contributed by atoms with Crippen molar-refractivity contribution < 1.29 is 9.53 Å². The molecule has 0 heterocycles. The van der Waals surface area contributed by atoms with E-state index in [-0.39, 0.29) is 5.97 Å². The van der Waals surface area contributed by atoms with Crippen LogP contribution in [0.3, 0.4) is 0 Å². The molecule has 62 valence electrons. The second-order valence-corrected chi connectivity index (χ2v) is 2.73. The quantitative estimate of drug-likeness (QED) is 0.370. The highest BCUT2D eigenvalue weighted by Crippen LogP contribution is 2.18. The van der Waals surface area contributed by atoms with Crippen molar-refractivity contribution in [2.24, 2.45) is 0 Å². The maximum atomic E-state index is 11.0. The summed E-state index contributed by atoms with van der Waals surface area (Å²) >= 11 is 1.37. The molecule has 0 saturated carbocycles. The normalized spacial score (nSPS) is 11.9. The molecule has 0 fully saturated rings. The molecule has 0 N–H and O–H groups in total. The van der Waals surface area contributed by atoms with E-state index in [9.17, 15) is 4.79 Å². The molecule has 0 aliphatic carbocycles. The third kappa shape index (κ3) is 2.80. The van der Waals surface area contributed by atoms with E-state index in [1.807, 2.05) is 13.2 Å². The van der Waals surface area contributed by atoms with Crippen LogP contribution in [-0.2, 0) is 9.53 Å². The second-order valence-electron chi connectivity index (χ2n) is 1.91. The molecule has 0 aromatic carbocycles. The molecular weight excluding hydrogens is 160 g/mol. The number of hydrogen-bond acceptors (Lipinski definition) is 3. The highest BCUT2D eigenvalue weighted by atomic mass is 32.2. The number of esters is 1. The topological polar surface area (TPSA) is 26.3 Å². The average Bonchev–Trinajstić information content (AvgIpc) is 2.05. The van der Waals surface area contributed by atoms with Gasteiger partial charge < -0.3 is 4.74 Å². The van der Waals surface area contributed by atoms with E-state index in [0.717, 1.165) is 5.57 Å². The van der Waals surface area contributed by atoms with Crippen LogP contribution >= 0.6 is 11.8 Å². The molecule has 0 atom stereocenters. The Morgan fingerprint density at radius 2 is 2.18 bits per heavy atom. The van der Waals surface area contributed by atoms with Gasteiger partial charge in [-0.3, -0.25) is 0 Å². The molecule has 0 spiro atoms. The van der Waals surface area contributed by atoms with Crippen molar-refractivity contribution in [1.29, 1.82) is 0 Å². The van der Waals surface area contributed by atoms with Crippen molar-refractivity contribution in [3.63, 3.8) is 0 Å². The van der Waals surface area contributed by atoms with Crippen LogP contribution in [0.2, 0.25) is 0 Å². The first-order valence-electron chi connectivity index (χ1n) is 3.13. The van der Waals surface area contributed by atoms with Crippen LogP contribution in [0.25, 0.3) is 0 Å². The van der Waals surface area contributed by atoms with Gasteiger partial charge in [0, 0.05) is 0 Å². The average molecular weight is 172 g/mol. The van der Waals surface area contributed by atoms with E-state index < -0.39 is 0 Å². The van der Waals surface area contributed by atoms with E-state index in [4.69, 9.17) is 0 Å². The minimum atomic E-state index is -0.296. The van der Waals surface area contributed by atoms with Crippen molar-refractivity contribution in [3.8, 4) is 0 Å². The Balaban J connectivity index is 4.64. The van der Waals surface area contributed by atoms with Crippen LogP contribution in [0, 0.1) is 0 Å². The van der Waals surface area contributed by atoms with Crippen molar-refractivity contribution in [1.82, 2.24) is 0 Å². The summed E-state index contributed by atoms with van der Waals surface area (Å²) in [5.41, 5.74) is 0.851. The second kappa shape index (κ2) is 5.02. The van der Waals surface area contributed by atoms with Crippen LogP contribution in [0.5, 0.6) is 0 Å². The third-order valence-corrected chi connectivity index (χ3v) is 2.14. The lowest BCUT2D eigenvalue weighted by molar-refractivity contribution is -0.135. The van der Waals surface area contributed by atoms with Gasteiger partial charge in [0.2, 0.25) is 0 Å². The number of methoxy groups -OCH3 is 1.